The van der Waals surface area contributed by atoms with Gasteiger partial charge in [0.05, 0.1) is 10.6 Å². The number of unbranched alkanes of at least 4 members (excludes halogenated alkanes) is 1. The summed E-state index contributed by atoms with van der Waals surface area (Å²) in [4.78, 5) is 28.0. The number of hydrogen-bond donors (Lipinski definition) is 1. The number of rotatable bonds is 12. The first-order valence-corrected chi connectivity index (χ1v) is 14.0. The first kappa shape index (κ1) is 28.8. The average molecular weight is 540 g/mol. The van der Waals surface area contributed by atoms with E-state index in [1.807, 2.05) is 38.1 Å². The number of halogens is 1. The summed E-state index contributed by atoms with van der Waals surface area (Å²) in [5.41, 5.74) is 2.10. The van der Waals surface area contributed by atoms with Gasteiger partial charge in [-0.3, -0.25) is 13.9 Å². The highest BCUT2D eigenvalue weighted by atomic mass is 32.2. The third-order valence-corrected chi connectivity index (χ3v) is 7.95. The molecule has 7 nitrogen and oxygen atoms in total. The fourth-order valence-corrected chi connectivity index (χ4v) is 5.40. The zero-order valence-electron chi connectivity index (χ0n) is 21.9. The smallest absolute Gasteiger partial charge is 0.264 e. The van der Waals surface area contributed by atoms with Gasteiger partial charge in [0, 0.05) is 13.1 Å². The Morgan fingerprint density at radius 2 is 1.66 bits per heavy atom. The van der Waals surface area contributed by atoms with E-state index in [4.69, 9.17) is 0 Å². The molecule has 0 heterocycles. The minimum atomic E-state index is -4.22. The normalized spacial score (nSPS) is 12.0. The predicted octanol–water partition coefficient (Wildman–Crippen LogP) is 4.66. The van der Waals surface area contributed by atoms with Crippen LogP contribution < -0.4 is 9.62 Å². The van der Waals surface area contributed by atoms with E-state index >= 15 is 0 Å². The van der Waals surface area contributed by atoms with Gasteiger partial charge in [-0.05, 0) is 62.2 Å². The monoisotopic (exact) mass is 539 g/mol. The summed E-state index contributed by atoms with van der Waals surface area (Å²) in [5, 5.41) is 2.86. The van der Waals surface area contributed by atoms with Crippen molar-refractivity contribution >= 4 is 27.5 Å². The topological polar surface area (TPSA) is 86.8 Å². The molecule has 1 atom stereocenters. The van der Waals surface area contributed by atoms with Gasteiger partial charge >= 0.3 is 0 Å². The maximum absolute atomic E-state index is 13.8. The average Bonchev–Trinajstić information content (AvgIpc) is 2.90. The number of hydrogen-bond acceptors (Lipinski definition) is 4. The van der Waals surface area contributed by atoms with Crippen molar-refractivity contribution in [3.8, 4) is 0 Å². The highest BCUT2D eigenvalue weighted by molar-refractivity contribution is 7.92. The first-order valence-electron chi connectivity index (χ1n) is 12.6. The number of aryl methyl sites for hydroxylation is 1. The summed E-state index contributed by atoms with van der Waals surface area (Å²) >= 11 is 0. The number of nitrogens with one attached hydrogen (secondary N) is 1. The Morgan fingerprint density at radius 3 is 2.29 bits per heavy atom. The van der Waals surface area contributed by atoms with Crippen molar-refractivity contribution in [1.82, 2.24) is 10.2 Å². The Bertz CT molecular complexity index is 1330. The summed E-state index contributed by atoms with van der Waals surface area (Å²) in [5.74, 6) is -1.43. The lowest BCUT2D eigenvalue weighted by molar-refractivity contribution is -0.139. The largest absolute Gasteiger partial charge is 0.354 e. The van der Waals surface area contributed by atoms with Crippen LogP contribution in [0, 0.1) is 12.7 Å². The van der Waals surface area contributed by atoms with Crippen LogP contribution in [0.15, 0.2) is 83.8 Å². The molecule has 1 N–H and O–H groups in total. The second-order valence-corrected chi connectivity index (χ2v) is 11.0. The van der Waals surface area contributed by atoms with Crippen LogP contribution in [0.2, 0.25) is 0 Å². The molecule has 3 aromatic rings. The Balaban J connectivity index is 1.97. The van der Waals surface area contributed by atoms with Crippen molar-refractivity contribution in [2.45, 2.75) is 51.1 Å². The van der Waals surface area contributed by atoms with E-state index in [0.717, 1.165) is 40.4 Å². The molecule has 0 spiro atoms. The molecule has 0 aromatic heterocycles. The Kier molecular flexibility index (Phi) is 10.0. The van der Waals surface area contributed by atoms with Crippen molar-refractivity contribution < 1.29 is 22.4 Å². The second kappa shape index (κ2) is 13.2. The molecular weight excluding hydrogens is 505 g/mol. The zero-order valence-corrected chi connectivity index (χ0v) is 22.7. The SMILES string of the molecule is CCCCNC(=O)[C@H](C)N(Cc1cccc(C)c1)C(=O)CN(c1ccccc1)S(=O)(=O)c1ccc(F)cc1. The van der Waals surface area contributed by atoms with Crippen LogP contribution in [-0.4, -0.2) is 44.3 Å². The minimum Gasteiger partial charge on any atom is -0.354 e. The summed E-state index contributed by atoms with van der Waals surface area (Å²) < 4.78 is 41.8. The number of carbonyl (C=O) groups excluding carboxylic acids is 2. The predicted molar refractivity (Wildman–Crippen MR) is 146 cm³/mol. The van der Waals surface area contributed by atoms with Crippen LogP contribution in [0.4, 0.5) is 10.1 Å². The number of amides is 2. The van der Waals surface area contributed by atoms with E-state index in [2.05, 4.69) is 5.32 Å². The molecular formula is C29H34FN3O4S. The standard InChI is InChI=1S/C29H34FN3O4S/c1-4-5-18-31-29(35)23(3)32(20-24-11-9-10-22(2)19-24)28(34)21-33(26-12-7-6-8-13-26)38(36,37)27-16-14-25(30)15-17-27/h6-17,19,23H,4-5,18,20-21H2,1-3H3,(H,31,35)/t23-/m0/s1. The lowest BCUT2D eigenvalue weighted by Gasteiger charge is -2.32. The summed E-state index contributed by atoms with van der Waals surface area (Å²) in [6.07, 6.45) is 1.72. The zero-order chi connectivity index (χ0) is 27.7. The number of carbonyl (C=O) groups is 2. The first-order chi connectivity index (χ1) is 18.1. The number of sulfonamides is 1. The van der Waals surface area contributed by atoms with Gasteiger partial charge < -0.3 is 10.2 Å². The maximum atomic E-state index is 13.8. The van der Waals surface area contributed by atoms with Crippen molar-refractivity contribution in [1.29, 1.82) is 0 Å². The van der Waals surface area contributed by atoms with Gasteiger partial charge in [0.2, 0.25) is 11.8 Å². The summed E-state index contributed by atoms with van der Waals surface area (Å²) in [6.45, 7) is 5.66. The molecule has 202 valence electrons. The van der Waals surface area contributed by atoms with Gasteiger partial charge in [0.1, 0.15) is 18.4 Å². The summed E-state index contributed by atoms with van der Waals surface area (Å²) in [6, 6.07) is 19.4. The quantitative estimate of drug-likeness (QED) is 0.339. The molecule has 0 aliphatic rings. The highest BCUT2D eigenvalue weighted by Crippen LogP contribution is 2.24. The molecule has 0 saturated carbocycles. The molecule has 3 aromatic carbocycles. The van der Waals surface area contributed by atoms with Gasteiger partial charge in [0.25, 0.3) is 10.0 Å². The van der Waals surface area contributed by atoms with Crippen LogP contribution in [0.5, 0.6) is 0 Å². The summed E-state index contributed by atoms with van der Waals surface area (Å²) in [7, 11) is -4.22. The third kappa shape index (κ3) is 7.41. The Morgan fingerprint density at radius 1 is 0.974 bits per heavy atom. The van der Waals surface area contributed by atoms with E-state index < -0.39 is 34.3 Å². The maximum Gasteiger partial charge on any atom is 0.264 e. The Labute approximate surface area is 224 Å². The van der Waals surface area contributed by atoms with Crippen LogP contribution in [0.3, 0.4) is 0 Å². The van der Waals surface area contributed by atoms with Gasteiger partial charge in [-0.1, -0.05) is 61.4 Å². The molecule has 0 saturated heterocycles. The van der Waals surface area contributed by atoms with Crippen LogP contribution in [-0.2, 0) is 26.2 Å². The fourth-order valence-electron chi connectivity index (χ4n) is 3.98. The molecule has 0 aliphatic carbocycles. The molecule has 0 fully saturated rings. The molecule has 3 rings (SSSR count). The van der Waals surface area contributed by atoms with Crippen molar-refractivity contribution in [3.63, 3.8) is 0 Å². The van der Waals surface area contributed by atoms with Crippen molar-refractivity contribution in [3.05, 3.63) is 95.8 Å². The van der Waals surface area contributed by atoms with Crippen LogP contribution in [0.1, 0.15) is 37.8 Å². The molecule has 0 unspecified atom stereocenters. The molecule has 0 bridgehead atoms. The number of para-hydroxylation sites is 1. The number of anilines is 1. The van der Waals surface area contributed by atoms with Crippen LogP contribution in [0.25, 0.3) is 0 Å². The highest BCUT2D eigenvalue weighted by Gasteiger charge is 2.32. The van der Waals surface area contributed by atoms with Crippen molar-refractivity contribution in [2.75, 3.05) is 17.4 Å². The lowest BCUT2D eigenvalue weighted by Crippen LogP contribution is -2.51. The molecule has 38 heavy (non-hydrogen) atoms. The molecule has 2 amide bonds. The van der Waals surface area contributed by atoms with Crippen LogP contribution >= 0.6 is 0 Å². The van der Waals surface area contributed by atoms with E-state index in [1.54, 1.807) is 37.3 Å². The Hall–Kier alpha value is -3.72. The number of nitrogens with zero attached hydrogens (tertiary/aromatic N) is 2. The van der Waals surface area contributed by atoms with Gasteiger partial charge in [0.15, 0.2) is 0 Å². The second-order valence-electron chi connectivity index (χ2n) is 9.13. The van der Waals surface area contributed by atoms with Gasteiger partial charge in [-0.25, -0.2) is 12.8 Å². The fraction of sp³-hybridized carbons (Fsp3) is 0.310. The minimum absolute atomic E-state index is 0.127. The van der Waals surface area contributed by atoms with E-state index in [1.165, 1.54) is 17.0 Å². The molecule has 9 heteroatoms. The van der Waals surface area contributed by atoms with Gasteiger partial charge in [-0.15, -0.1) is 0 Å². The lowest BCUT2D eigenvalue weighted by atomic mass is 10.1. The van der Waals surface area contributed by atoms with E-state index in [-0.39, 0.29) is 23.0 Å². The number of benzene rings is 3. The van der Waals surface area contributed by atoms with Crippen molar-refractivity contribution in [2.24, 2.45) is 0 Å². The molecule has 0 aliphatic heterocycles. The molecule has 0 radical (unpaired) electrons. The third-order valence-electron chi connectivity index (χ3n) is 6.16. The van der Waals surface area contributed by atoms with E-state index in [9.17, 15) is 22.4 Å². The van der Waals surface area contributed by atoms with Gasteiger partial charge in [-0.2, -0.15) is 0 Å². The van der Waals surface area contributed by atoms with E-state index in [0.29, 0.717) is 6.54 Å².